The summed E-state index contributed by atoms with van der Waals surface area (Å²) < 4.78 is 6.67. The van der Waals surface area contributed by atoms with Crippen molar-refractivity contribution >= 4 is 15.9 Å². The Morgan fingerprint density at radius 1 is 1.16 bits per heavy atom. The van der Waals surface area contributed by atoms with Gasteiger partial charge in [0.25, 0.3) is 0 Å². The van der Waals surface area contributed by atoms with Crippen LogP contribution in [0.15, 0.2) is 53.0 Å². The van der Waals surface area contributed by atoms with E-state index in [9.17, 15) is 5.11 Å². The van der Waals surface area contributed by atoms with Gasteiger partial charge in [0, 0.05) is 16.6 Å². The molecule has 0 spiro atoms. The van der Waals surface area contributed by atoms with E-state index in [1.54, 1.807) is 24.3 Å². The molecule has 2 aromatic rings. The van der Waals surface area contributed by atoms with Gasteiger partial charge in [-0.2, -0.15) is 5.26 Å². The zero-order valence-corrected chi connectivity index (χ0v) is 15.5. The summed E-state index contributed by atoms with van der Waals surface area (Å²) in [6.07, 6.45) is 2.76. The first kappa shape index (κ1) is 17.9. The summed E-state index contributed by atoms with van der Waals surface area (Å²) in [5.74, 6) is 0.657. The summed E-state index contributed by atoms with van der Waals surface area (Å²) in [4.78, 5) is 0. The molecule has 1 unspecified atom stereocenters. The molecule has 0 radical (unpaired) electrons. The molecule has 5 heteroatoms. The summed E-state index contributed by atoms with van der Waals surface area (Å²) >= 11 is 3.47. The SMILES string of the molecule is N#Cc1ccc(OCC(O)CNC2(c3ccc(Br)cc3)CCC2)cc1. The van der Waals surface area contributed by atoms with Crippen LogP contribution in [0.1, 0.15) is 30.4 Å². The normalized spacial score (nSPS) is 16.5. The zero-order valence-electron chi connectivity index (χ0n) is 13.9. The number of rotatable bonds is 7. The number of halogens is 1. The van der Waals surface area contributed by atoms with Gasteiger partial charge in [-0.1, -0.05) is 28.1 Å². The minimum Gasteiger partial charge on any atom is -0.491 e. The van der Waals surface area contributed by atoms with Crippen molar-refractivity contribution in [3.63, 3.8) is 0 Å². The van der Waals surface area contributed by atoms with Crippen molar-refractivity contribution in [3.8, 4) is 11.8 Å². The lowest BCUT2D eigenvalue weighted by atomic mass is 9.72. The molecule has 0 bridgehead atoms. The summed E-state index contributed by atoms with van der Waals surface area (Å²) in [5, 5.41) is 22.6. The molecule has 0 saturated heterocycles. The second kappa shape index (κ2) is 8.01. The Morgan fingerprint density at radius 3 is 2.40 bits per heavy atom. The lowest BCUT2D eigenvalue weighted by Crippen LogP contribution is -2.51. The molecule has 1 saturated carbocycles. The van der Waals surface area contributed by atoms with E-state index in [-0.39, 0.29) is 12.1 Å². The highest BCUT2D eigenvalue weighted by molar-refractivity contribution is 9.10. The average molecular weight is 401 g/mol. The smallest absolute Gasteiger partial charge is 0.119 e. The van der Waals surface area contributed by atoms with Crippen molar-refractivity contribution < 1.29 is 9.84 Å². The minimum absolute atomic E-state index is 0.0316. The average Bonchev–Trinajstić information content (AvgIpc) is 2.61. The summed E-state index contributed by atoms with van der Waals surface area (Å²) in [6, 6.07) is 17.4. The van der Waals surface area contributed by atoms with E-state index in [1.807, 2.05) is 0 Å². The van der Waals surface area contributed by atoms with Gasteiger partial charge in [0.2, 0.25) is 0 Å². The number of nitrogens with zero attached hydrogens (tertiary/aromatic N) is 1. The topological polar surface area (TPSA) is 65.3 Å². The van der Waals surface area contributed by atoms with E-state index in [1.165, 1.54) is 12.0 Å². The van der Waals surface area contributed by atoms with Crippen molar-refractivity contribution in [1.29, 1.82) is 5.26 Å². The number of hydrogen-bond acceptors (Lipinski definition) is 4. The Kier molecular flexibility index (Phi) is 5.74. The number of nitriles is 1. The van der Waals surface area contributed by atoms with Gasteiger partial charge in [0.05, 0.1) is 11.6 Å². The van der Waals surface area contributed by atoms with Gasteiger partial charge in [-0.3, -0.25) is 0 Å². The van der Waals surface area contributed by atoms with E-state index in [2.05, 4.69) is 51.6 Å². The van der Waals surface area contributed by atoms with E-state index >= 15 is 0 Å². The molecule has 0 aromatic heterocycles. The van der Waals surface area contributed by atoms with E-state index in [4.69, 9.17) is 10.00 Å². The van der Waals surface area contributed by atoms with Crippen LogP contribution in [0.4, 0.5) is 0 Å². The summed E-state index contributed by atoms with van der Waals surface area (Å²) in [6.45, 7) is 0.696. The maximum absolute atomic E-state index is 10.2. The second-order valence-electron chi connectivity index (χ2n) is 6.42. The Labute approximate surface area is 156 Å². The molecular formula is C20H21BrN2O2. The molecule has 1 fully saturated rings. The fourth-order valence-electron chi connectivity index (χ4n) is 3.06. The van der Waals surface area contributed by atoms with E-state index in [0.717, 1.165) is 17.3 Å². The maximum atomic E-state index is 10.2. The van der Waals surface area contributed by atoms with Gasteiger partial charge >= 0.3 is 0 Å². The molecule has 4 nitrogen and oxygen atoms in total. The highest BCUT2D eigenvalue weighted by Crippen LogP contribution is 2.41. The van der Waals surface area contributed by atoms with Gasteiger partial charge in [-0.15, -0.1) is 0 Å². The highest BCUT2D eigenvalue weighted by Gasteiger charge is 2.38. The first-order valence-corrected chi connectivity index (χ1v) is 9.23. The van der Waals surface area contributed by atoms with E-state index in [0.29, 0.717) is 17.9 Å². The van der Waals surface area contributed by atoms with Crippen LogP contribution in [0, 0.1) is 11.3 Å². The Morgan fingerprint density at radius 2 is 1.84 bits per heavy atom. The van der Waals surface area contributed by atoms with Gasteiger partial charge in [-0.05, 0) is 61.2 Å². The molecular weight excluding hydrogens is 380 g/mol. The van der Waals surface area contributed by atoms with Crippen LogP contribution in [0.25, 0.3) is 0 Å². The molecule has 1 aliphatic carbocycles. The van der Waals surface area contributed by atoms with Crippen molar-refractivity contribution in [2.75, 3.05) is 13.2 Å². The standard InChI is InChI=1S/C20H21BrN2O2/c21-17-6-4-16(5-7-17)20(10-1-11-20)23-13-18(24)14-25-19-8-2-15(12-22)3-9-19/h2-9,18,23-24H,1,10-11,13-14H2. The lowest BCUT2D eigenvalue weighted by Gasteiger charge is -2.44. The van der Waals surface area contributed by atoms with Crippen LogP contribution < -0.4 is 10.1 Å². The number of benzene rings is 2. The van der Waals surface area contributed by atoms with Crippen LogP contribution in [-0.4, -0.2) is 24.4 Å². The predicted molar refractivity (Wildman–Crippen MR) is 100 cm³/mol. The molecule has 3 rings (SSSR count). The van der Waals surface area contributed by atoms with Gasteiger partial charge in [0.15, 0.2) is 0 Å². The van der Waals surface area contributed by atoms with Crippen molar-refractivity contribution in [2.24, 2.45) is 0 Å². The largest absolute Gasteiger partial charge is 0.491 e. The number of ether oxygens (including phenoxy) is 1. The van der Waals surface area contributed by atoms with Crippen LogP contribution in [0.5, 0.6) is 5.75 Å². The fraction of sp³-hybridized carbons (Fsp3) is 0.350. The highest BCUT2D eigenvalue weighted by atomic mass is 79.9. The summed E-state index contributed by atoms with van der Waals surface area (Å²) in [5.41, 5.74) is 1.83. The Hall–Kier alpha value is -1.87. The van der Waals surface area contributed by atoms with Gasteiger partial charge in [0.1, 0.15) is 18.5 Å². The first-order chi connectivity index (χ1) is 12.1. The molecule has 1 atom stereocenters. The number of aliphatic hydroxyl groups is 1. The monoisotopic (exact) mass is 400 g/mol. The maximum Gasteiger partial charge on any atom is 0.119 e. The van der Waals surface area contributed by atoms with Crippen molar-refractivity contribution in [3.05, 3.63) is 64.1 Å². The molecule has 0 aliphatic heterocycles. The lowest BCUT2D eigenvalue weighted by molar-refractivity contribution is 0.0818. The minimum atomic E-state index is -0.594. The third-order valence-electron chi connectivity index (χ3n) is 4.71. The third-order valence-corrected chi connectivity index (χ3v) is 5.23. The molecule has 2 N–H and O–H groups in total. The Bertz CT molecular complexity index is 734. The van der Waals surface area contributed by atoms with Gasteiger partial charge in [-0.25, -0.2) is 0 Å². The van der Waals surface area contributed by atoms with Crippen LogP contribution in [0.2, 0.25) is 0 Å². The first-order valence-electron chi connectivity index (χ1n) is 8.43. The van der Waals surface area contributed by atoms with E-state index < -0.39 is 6.10 Å². The number of nitrogens with one attached hydrogen (secondary N) is 1. The second-order valence-corrected chi connectivity index (χ2v) is 7.34. The number of hydrogen-bond donors (Lipinski definition) is 2. The zero-order chi connectivity index (χ0) is 17.7. The van der Waals surface area contributed by atoms with Crippen LogP contribution >= 0.6 is 15.9 Å². The molecule has 25 heavy (non-hydrogen) atoms. The van der Waals surface area contributed by atoms with Crippen LogP contribution in [-0.2, 0) is 5.54 Å². The number of aliphatic hydroxyl groups excluding tert-OH is 1. The van der Waals surface area contributed by atoms with Gasteiger partial charge < -0.3 is 15.2 Å². The molecule has 130 valence electrons. The molecule has 2 aromatic carbocycles. The Balaban J connectivity index is 1.51. The van der Waals surface area contributed by atoms with Crippen molar-refractivity contribution in [1.82, 2.24) is 5.32 Å². The third kappa shape index (κ3) is 4.40. The quantitative estimate of drug-likeness (QED) is 0.742. The molecule has 1 aliphatic rings. The van der Waals surface area contributed by atoms with Crippen molar-refractivity contribution in [2.45, 2.75) is 30.9 Å². The molecule has 0 heterocycles. The predicted octanol–water partition coefficient (Wildman–Crippen LogP) is 3.73. The van der Waals surface area contributed by atoms with Crippen LogP contribution in [0.3, 0.4) is 0 Å². The fourth-order valence-corrected chi connectivity index (χ4v) is 3.32. The summed E-state index contributed by atoms with van der Waals surface area (Å²) in [7, 11) is 0. The molecule has 0 amide bonds.